The maximum absolute atomic E-state index is 13.2. The van der Waals surface area contributed by atoms with E-state index in [4.69, 9.17) is 9.47 Å². The van der Waals surface area contributed by atoms with Gasteiger partial charge in [0.1, 0.15) is 17.5 Å². The fourth-order valence-corrected chi connectivity index (χ4v) is 8.47. The number of amides is 1. The third kappa shape index (κ3) is 3.42. The highest BCUT2D eigenvalue weighted by Gasteiger charge is 2.77. The molecule has 6 rings (SSSR count). The summed E-state index contributed by atoms with van der Waals surface area (Å²) >= 11 is 0. The number of aliphatic hydroxyl groups is 1. The summed E-state index contributed by atoms with van der Waals surface area (Å²) in [4.78, 5) is 34.5. The van der Waals surface area contributed by atoms with Crippen molar-refractivity contribution in [3.05, 3.63) is 66.0 Å². The van der Waals surface area contributed by atoms with Crippen molar-refractivity contribution in [2.24, 2.45) is 5.41 Å². The van der Waals surface area contributed by atoms with Crippen LogP contribution in [0, 0.1) is 5.41 Å². The van der Waals surface area contributed by atoms with Gasteiger partial charge in [-0.1, -0.05) is 25.1 Å². The van der Waals surface area contributed by atoms with Gasteiger partial charge in [0.2, 0.25) is 0 Å². The maximum Gasteiger partial charge on any atom is 0.303 e. The van der Waals surface area contributed by atoms with Crippen LogP contribution in [0.15, 0.2) is 54.9 Å². The van der Waals surface area contributed by atoms with Gasteiger partial charge < -0.3 is 24.8 Å². The van der Waals surface area contributed by atoms with Crippen LogP contribution in [0.5, 0.6) is 5.75 Å². The molecule has 9 nitrogen and oxygen atoms in total. The van der Waals surface area contributed by atoms with Crippen molar-refractivity contribution in [3.8, 4) is 5.75 Å². The average Bonchev–Trinajstić information content (AvgIpc) is 3.46. The van der Waals surface area contributed by atoms with Gasteiger partial charge >= 0.3 is 5.97 Å². The zero-order valence-corrected chi connectivity index (χ0v) is 22.9. The van der Waals surface area contributed by atoms with Crippen LogP contribution in [0.2, 0.25) is 0 Å². The predicted octanol–water partition coefficient (Wildman–Crippen LogP) is 2.29. The van der Waals surface area contributed by atoms with Crippen molar-refractivity contribution in [1.29, 1.82) is 0 Å². The standard InChI is InChI=1S/C30H36N4O5/c1-5-28-11-6-15-34-16-12-29(25(28)34)22-8-7-21(38-4)17-23(22)33(3)26(29)30(37,27(28)39-19(2)35)18-32-24(36)20-9-13-31-14-10-20/h6-11,13-14,17,25-27,37H,5,12,15-16,18H2,1-4H3,(H,32,36)/t25?,26-,27-,28-,29-,30+/m1/s1. The second-order valence-electron chi connectivity index (χ2n) is 11.4. The van der Waals surface area contributed by atoms with E-state index >= 15 is 0 Å². The Balaban J connectivity index is 1.55. The highest BCUT2D eigenvalue weighted by molar-refractivity contribution is 5.94. The molecule has 0 radical (unpaired) electrons. The Bertz CT molecular complexity index is 1330. The summed E-state index contributed by atoms with van der Waals surface area (Å²) in [7, 11) is 3.63. The van der Waals surface area contributed by atoms with Crippen LogP contribution in [-0.4, -0.2) is 84.4 Å². The number of pyridine rings is 1. The van der Waals surface area contributed by atoms with Gasteiger partial charge in [0, 0.05) is 67.1 Å². The van der Waals surface area contributed by atoms with Crippen molar-refractivity contribution in [1.82, 2.24) is 15.2 Å². The molecule has 9 heteroatoms. The first kappa shape index (κ1) is 25.8. The highest BCUT2D eigenvalue weighted by Crippen LogP contribution is 2.67. The van der Waals surface area contributed by atoms with Crippen LogP contribution in [0.4, 0.5) is 5.69 Å². The summed E-state index contributed by atoms with van der Waals surface area (Å²) in [6, 6.07) is 8.96. The molecule has 1 saturated carbocycles. The van der Waals surface area contributed by atoms with E-state index in [0.29, 0.717) is 12.0 Å². The molecule has 2 fully saturated rings. The average molecular weight is 533 g/mol. The molecular weight excluding hydrogens is 496 g/mol. The van der Waals surface area contributed by atoms with Gasteiger partial charge in [0.05, 0.1) is 19.7 Å². The van der Waals surface area contributed by atoms with E-state index in [-0.39, 0.29) is 18.5 Å². The number of esters is 1. The Hall–Kier alpha value is -3.43. The number of likely N-dealkylation sites (N-methyl/N-ethyl adjacent to an activating group) is 1. The van der Waals surface area contributed by atoms with Crippen molar-refractivity contribution < 1.29 is 24.2 Å². The van der Waals surface area contributed by atoms with E-state index in [1.54, 1.807) is 31.6 Å². The normalized spacial score (nSPS) is 34.2. The third-order valence-electron chi connectivity index (χ3n) is 9.69. The van der Waals surface area contributed by atoms with E-state index in [9.17, 15) is 14.7 Å². The number of carbonyl (C=O) groups excluding carboxylic acids is 2. The topological polar surface area (TPSA) is 104 Å². The molecule has 1 spiro atoms. The van der Waals surface area contributed by atoms with E-state index in [2.05, 4.69) is 45.2 Å². The number of fused-ring (bicyclic) bond motifs is 1. The Morgan fingerprint density at radius 3 is 2.67 bits per heavy atom. The summed E-state index contributed by atoms with van der Waals surface area (Å²) in [5.41, 5.74) is -0.123. The first-order valence-electron chi connectivity index (χ1n) is 13.6. The number of benzene rings is 1. The van der Waals surface area contributed by atoms with Gasteiger partial charge in [-0.05, 0) is 43.1 Å². The summed E-state index contributed by atoms with van der Waals surface area (Å²) in [5, 5.41) is 16.0. The Labute approximate surface area is 228 Å². The minimum absolute atomic E-state index is 0.00243. The van der Waals surface area contributed by atoms with Gasteiger partial charge in [0.15, 0.2) is 0 Å². The van der Waals surface area contributed by atoms with Crippen LogP contribution >= 0.6 is 0 Å². The third-order valence-corrected chi connectivity index (χ3v) is 9.69. The second-order valence-corrected chi connectivity index (χ2v) is 11.4. The smallest absolute Gasteiger partial charge is 0.303 e. The first-order chi connectivity index (χ1) is 18.7. The summed E-state index contributed by atoms with van der Waals surface area (Å²) in [6.45, 7) is 5.06. The zero-order valence-electron chi connectivity index (χ0n) is 22.9. The number of methoxy groups -OCH3 is 1. The number of carbonyl (C=O) groups is 2. The molecule has 2 N–H and O–H groups in total. The summed E-state index contributed by atoms with van der Waals surface area (Å²) < 4.78 is 11.7. The Morgan fingerprint density at radius 2 is 1.97 bits per heavy atom. The number of nitrogens with one attached hydrogen (secondary N) is 1. The fourth-order valence-electron chi connectivity index (χ4n) is 8.47. The van der Waals surface area contributed by atoms with Gasteiger partial charge in [-0.25, -0.2) is 0 Å². The molecule has 39 heavy (non-hydrogen) atoms. The van der Waals surface area contributed by atoms with E-state index in [0.717, 1.165) is 36.5 Å². The fraction of sp³-hybridized carbons (Fsp3) is 0.500. The number of rotatable bonds is 6. The monoisotopic (exact) mass is 532 g/mol. The number of nitrogens with zero attached hydrogens (tertiary/aromatic N) is 3. The lowest BCUT2D eigenvalue weighted by Gasteiger charge is -2.64. The zero-order chi connectivity index (χ0) is 27.6. The molecule has 1 aromatic carbocycles. The van der Waals surface area contributed by atoms with E-state index < -0.39 is 34.5 Å². The molecule has 4 aliphatic rings. The highest BCUT2D eigenvalue weighted by atomic mass is 16.6. The number of hydrogen-bond donors (Lipinski definition) is 2. The molecule has 0 bridgehead atoms. The largest absolute Gasteiger partial charge is 0.497 e. The minimum Gasteiger partial charge on any atom is -0.497 e. The van der Waals surface area contributed by atoms with Gasteiger partial charge in [-0.2, -0.15) is 0 Å². The SMILES string of the molecule is CC[C@]12C=CCN3CC[C@@]4(c5ccc(OC)cc5N(C)[C@H]4[C@@](O)(CNC(=O)c4ccncc4)[C@@H]1OC(C)=O)C32. The molecule has 1 aliphatic carbocycles. The molecule has 1 saturated heterocycles. The first-order valence-corrected chi connectivity index (χ1v) is 13.6. The van der Waals surface area contributed by atoms with Crippen LogP contribution in [0.25, 0.3) is 0 Å². The lowest BCUT2D eigenvalue weighted by molar-refractivity contribution is -0.216. The molecule has 1 unspecified atom stereocenters. The van der Waals surface area contributed by atoms with Crippen LogP contribution in [-0.2, 0) is 14.9 Å². The number of hydrogen-bond acceptors (Lipinski definition) is 8. The molecule has 6 atom stereocenters. The molecular formula is C30H36N4O5. The molecule has 206 valence electrons. The quantitative estimate of drug-likeness (QED) is 0.432. The molecule has 1 aromatic heterocycles. The molecule has 4 heterocycles. The van der Waals surface area contributed by atoms with Crippen LogP contribution < -0.4 is 15.0 Å². The Morgan fingerprint density at radius 1 is 1.21 bits per heavy atom. The maximum atomic E-state index is 13.2. The van der Waals surface area contributed by atoms with Crippen molar-refractivity contribution in [2.45, 2.75) is 55.9 Å². The molecule has 1 amide bonds. The van der Waals surface area contributed by atoms with E-state index in [1.807, 2.05) is 19.2 Å². The van der Waals surface area contributed by atoms with Crippen LogP contribution in [0.1, 0.15) is 42.6 Å². The van der Waals surface area contributed by atoms with Gasteiger partial charge in [-0.15, -0.1) is 0 Å². The number of anilines is 1. The predicted molar refractivity (Wildman–Crippen MR) is 146 cm³/mol. The van der Waals surface area contributed by atoms with Crippen molar-refractivity contribution in [2.75, 3.05) is 38.7 Å². The molecule has 3 aliphatic heterocycles. The molecule has 2 aromatic rings. The van der Waals surface area contributed by atoms with Crippen molar-refractivity contribution in [3.63, 3.8) is 0 Å². The van der Waals surface area contributed by atoms with E-state index in [1.165, 1.54) is 6.92 Å². The second kappa shape index (κ2) is 9.06. The van der Waals surface area contributed by atoms with Crippen molar-refractivity contribution >= 4 is 17.6 Å². The number of ether oxygens (including phenoxy) is 2. The van der Waals surface area contributed by atoms with Gasteiger partial charge in [0.25, 0.3) is 5.91 Å². The summed E-state index contributed by atoms with van der Waals surface area (Å²) in [5.74, 6) is -0.0365. The summed E-state index contributed by atoms with van der Waals surface area (Å²) in [6.07, 6.45) is 8.04. The lowest BCUT2D eigenvalue weighted by Crippen LogP contribution is -2.81. The number of aromatic nitrogens is 1. The minimum atomic E-state index is -1.61. The Kier molecular flexibility index (Phi) is 6.00. The van der Waals surface area contributed by atoms with Crippen LogP contribution in [0.3, 0.4) is 0 Å². The lowest BCUT2D eigenvalue weighted by atomic mass is 9.47. The van der Waals surface area contributed by atoms with Gasteiger partial charge in [-0.3, -0.25) is 19.5 Å².